The van der Waals surface area contributed by atoms with Crippen molar-refractivity contribution in [3.05, 3.63) is 36.1 Å². The minimum atomic E-state index is -1.26. The Hall–Kier alpha value is -0.806. The third-order valence-electron chi connectivity index (χ3n) is 3.46. The monoisotopic (exact) mass is 276 g/mol. The van der Waals surface area contributed by atoms with Gasteiger partial charge in [0.1, 0.15) is 11.3 Å². The summed E-state index contributed by atoms with van der Waals surface area (Å²) in [5.74, 6) is 1.23. The van der Waals surface area contributed by atoms with Gasteiger partial charge in [-0.25, -0.2) is 0 Å². The number of hydrogen-bond acceptors (Lipinski definition) is 1. The van der Waals surface area contributed by atoms with Gasteiger partial charge in [-0.2, -0.15) is 0 Å². The van der Waals surface area contributed by atoms with Crippen molar-refractivity contribution in [1.29, 1.82) is 0 Å². The maximum Gasteiger partial charge on any atom is 0.134 e. The molecular formula is C15H24OSi2. The molecule has 0 amide bonds. The second kappa shape index (κ2) is 4.39. The quantitative estimate of drug-likeness (QED) is 0.696. The molecule has 0 fully saturated rings. The molecule has 0 unspecified atom stereocenters. The van der Waals surface area contributed by atoms with Crippen LogP contribution in [-0.4, -0.2) is 16.1 Å². The van der Waals surface area contributed by atoms with E-state index in [4.69, 9.17) is 4.42 Å². The van der Waals surface area contributed by atoms with Gasteiger partial charge >= 0.3 is 0 Å². The fraction of sp³-hybridized carbons (Fsp3) is 0.467. The van der Waals surface area contributed by atoms with Crippen LogP contribution in [0.4, 0.5) is 0 Å². The van der Waals surface area contributed by atoms with Crippen molar-refractivity contribution in [3.63, 3.8) is 0 Å². The Morgan fingerprint density at radius 3 is 1.94 bits per heavy atom. The van der Waals surface area contributed by atoms with Crippen LogP contribution < -0.4 is 0 Å². The molecule has 0 N–H and O–H groups in total. The molecule has 0 bridgehead atoms. The largest absolute Gasteiger partial charge is 0.461 e. The topological polar surface area (TPSA) is 13.1 Å². The van der Waals surface area contributed by atoms with Gasteiger partial charge in [0.15, 0.2) is 0 Å². The van der Waals surface area contributed by atoms with E-state index in [1.54, 1.807) is 0 Å². The predicted molar refractivity (Wildman–Crippen MR) is 85.6 cm³/mol. The molecule has 98 valence electrons. The Balaban J connectivity index is 2.55. The van der Waals surface area contributed by atoms with Gasteiger partial charge in [0.05, 0.1) is 16.1 Å². The maximum atomic E-state index is 6.15. The lowest BCUT2D eigenvalue weighted by molar-refractivity contribution is 0.562. The van der Waals surface area contributed by atoms with Gasteiger partial charge < -0.3 is 4.42 Å². The molecule has 1 aromatic carbocycles. The normalized spacial score (nSPS) is 13.5. The number of para-hydroxylation sites is 1. The first-order valence-electron chi connectivity index (χ1n) is 6.68. The highest BCUT2D eigenvalue weighted by molar-refractivity contribution is 6.96. The smallest absolute Gasteiger partial charge is 0.134 e. The molecule has 0 aliphatic rings. The van der Waals surface area contributed by atoms with Crippen LogP contribution in [0.15, 0.2) is 34.7 Å². The number of furan rings is 1. The van der Waals surface area contributed by atoms with Crippen molar-refractivity contribution >= 4 is 27.1 Å². The second-order valence-corrected chi connectivity index (χ2v) is 18.5. The van der Waals surface area contributed by atoms with Crippen LogP contribution >= 0.6 is 0 Å². The molecule has 0 spiro atoms. The van der Waals surface area contributed by atoms with Crippen LogP contribution in [0, 0.1) is 0 Å². The molecule has 0 saturated heterocycles. The second-order valence-electron chi connectivity index (χ2n) is 7.35. The van der Waals surface area contributed by atoms with E-state index in [2.05, 4.69) is 63.5 Å². The van der Waals surface area contributed by atoms with Crippen molar-refractivity contribution in [2.24, 2.45) is 0 Å². The number of rotatable bonds is 3. The molecule has 2 aromatic rings. The van der Waals surface area contributed by atoms with Crippen LogP contribution in [0.5, 0.6) is 0 Å². The summed E-state index contributed by atoms with van der Waals surface area (Å²) in [5, 5.41) is 1.92. The number of fused-ring (bicyclic) bond motifs is 1. The van der Waals surface area contributed by atoms with Crippen LogP contribution in [-0.2, 0) is 0 Å². The Morgan fingerprint density at radius 1 is 0.889 bits per heavy atom. The van der Waals surface area contributed by atoms with E-state index in [9.17, 15) is 0 Å². The van der Waals surface area contributed by atoms with Crippen LogP contribution in [0.2, 0.25) is 39.3 Å². The van der Waals surface area contributed by atoms with Gasteiger partial charge in [0.25, 0.3) is 0 Å². The van der Waals surface area contributed by atoms with Crippen molar-refractivity contribution in [1.82, 2.24) is 0 Å². The summed E-state index contributed by atoms with van der Waals surface area (Å²) in [6, 6.07) is 10.6. The summed E-state index contributed by atoms with van der Waals surface area (Å²) < 4.78 is 6.15. The van der Waals surface area contributed by atoms with E-state index in [1.165, 1.54) is 11.1 Å². The van der Waals surface area contributed by atoms with E-state index in [-0.39, 0.29) is 0 Å². The van der Waals surface area contributed by atoms with Gasteiger partial charge in [-0.3, -0.25) is 0 Å². The van der Waals surface area contributed by atoms with Gasteiger partial charge in [-0.05, 0) is 12.1 Å². The van der Waals surface area contributed by atoms with Gasteiger partial charge in [-0.1, -0.05) is 57.5 Å². The molecule has 1 aromatic heterocycles. The molecule has 1 nitrogen and oxygen atoms in total. The Bertz CT molecular complexity index is 496. The lowest BCUT2D eigenvalue weighted by Gasteiger charge is -2.36. The lowest BCUT2D eigenvalue weighted by Crippen LogP contribution is -2.46. The average molecular weight is 277 g/mol. The molecule has 0 radical (unpaired) electrons. The third-order valence-corrected chi connectivity index (χ3v) is 12.7. The van der Waals surface area contributed by atoms with E-state index in [1.807, 2.05) is 6.07 Å². The van der Waals surface area contributed by atoms with Crippen LogP contribution in [0.1, 0.15) is 10.9 Å². The first-order valence-corrected chi connectivity index (χ1v) is 13.8. The SMILES string of the molecule is C[Si](C)(C)C(c1cc2ccccc2o1)[Si](C)(C)C. The average Bonchev–Trinajstić information content (AvgIpc) is 2.54. The van der Waals surface area contributed by atoms with E-state index in [0.717, 1.165) is 5.58 Å². The van der Waals surface area contributed by atoms with Crippen molar-refractivity contribution < 1.29 is 4.42 Å². The molecule has 1 heterocycles. The summed E-state index contributed by atoms with van der Waals surface area (Å²) in [5.41, 5.74) is 1.04. The first-order chi connectivity index (χ1) is 8.19. The highest BCUT2D eigenvalue weighted by Gasteiger charge is 2.40. The van der Waals surface area contributed by atoms with Gasteiger partial charge in [0.2, 0.25) is 0 Å². The maximum absolute atomic E-state index is 6.15. The van der Waals surface area contributed by atoms with Gasteiger partial charge in [0, 0.05) is 10.6 Å². The zero-order valence-corrected chi connectivity index (χ0v) is 14.4. The van der Waals surface area contributed by atoms with Crippen molar-refractivity contribution in [2.75, 3.05) is 0 Å². The molecule has 0 aliphatic carbocycles. The highest BCUT2D eigenvalue weighted by atomic mass is 28.4. The van der Waals surface area contributed by atoms with E-state index < -0.39 is 16.1 Å². The Kier molecular flexibility index (Phi) is 3.32. The zero-order valence-electron chi connectivity index (χ0n) is 12.4. The molecule has 3 heteroatoms. The summed E-state index contributed by atoms with van der Waals surface area (Å²) in [6.07, 6.45) is 0. The standard InChI is InChI=1S/C15H24OSi2/c1-17(2,3)15(18(4,5)6)14-11-12-9-7-8-10-13(12)16-14/h7-11,15H,1-6H3. The predicted octanol–water partition coefficient (Wildman–Crippen LogP) is 5.27. The van der Waals surface area contributed by atoms with Gasteiger partial charge in [-0.15, -0.1) is 0 Å². The molecular weight excluding hydrogens is 252 g/mol. The number of hydrogen-bond donors (Lipinski definition) is 0. The molecule has 2 rings (SSSR count). The van der Waals surface area contributed by atoms with E-state index in [0.29, 0.717) is 5.16 Å². The molecule has 18 heavy (non-hydrogen) atoms. The molecule has 0 aliphatic heterocycles. The summed E-state index contributed by atoms with van der Waals surface area (Å²) in [7, 11) is -2.52. The third kappa shape index (κ3) is 2.62. The molecule has 0 saturated carbocycles. The van der Waals surface area contributed by atoms with Crippen molar-refractivity contribution in [3.8, 4) is 0 Å². The summed E-state index contributed by atoms with van der Waals surface area (Å²) in [4.78, 5) is 0. The number of benzene rings is 1. The minimum Gasteiger partial charge on any atom is -0.461 e. The Morgan fingerprint density at radius 2 is 1.44 bits per heavy atom. The summed E-state index contributed by atoms with van der Waals surface area (Å²) >= 11 is 0. The fourth-order valence-corrected chi connectivity index (χ4v) is 15.7. The van der Waals surface area contributed by atoms with Crippen LogP contribution in [0.25, 0.3) is 11.0 Å². The fourth-order valence-electron chi connectivity index (χ4n) is 3.30. The minimum absolute atomic E-state index is 0.678. The Labute approximate surface area is 112 Å². The first kappa shape index (κ1) is 13.6. The van der Waals surface area contributed by atoms with Crippen molar-refractivity contribution in [2.45, 2.75) is 44.4 Å². The van der Waals surface area contributed by atoms with Crippen LogP contribution in [0.3, 0.4) is 0 Å². The zero-order chi connectivity index (χ0) is 13.6. The molecule has 0 atom stereocenters. The lowest BCUT2D eigenvalue weighted by atomic mass is 10.2. The van der Waals surface area contributed by atoms with E-state index >= 15 is 0 Å². The highest BCUT2D eigenvalue weighted by Crippen LogP contribution is 2.38. The summed E-state index contributed by atoms with van der Waals surface area (Å²) in [6.45, 7) is 14.8.